The highest BCUT2D eigenvalue weighted by Gasteiger charge is 2.27. The quantitative estimate of drug-likeness (QED) is 0.248. The topological polar surface area (TPSA) is 70.1 Å². The van der Waals surface area contributed by atoms with Gasteiger partial charge in [-0.2, -0.15) is 0 Å². The molecular weight excluding hydrogens is 524 g/mol. The summed E-state index contributed by atoms with van der Waals surface area (Å²) in [5, 5.41) is 11.0. The molecule has 1 N–H and O–H groups in total. The molecule has 0 spiro atoms. The monoisotopic (exact) mass is 570 g/mol. The average molecular weight is 571 g/mol. The van der Waals surface area contributed by atoms with E-state index in [1.165, 1.54) is 44.5 Å². The number of aryl methyl sites for hydroxylation is 1. The number of fused-ring (bicyclic) bond motifs is 1. The zero-order chi connectivity index (χ0) is 29.5. The second kappa shape index (κ2) is 13.7. The average Bonchev–Trinajstić information content (AvgIpc) is 2.99. The fourth-order valence-electron chi connectivity index (χ4n) is 6.79. The maximum atomic E-state index is 13.6. The van der Waals surface area contributed by atoms with Crippen molar-refractivity contribution >= 4 is 22.6 Å². The number of benzene rings is 3. The molecular formula is C36H46N2O4. The van der Waals surface area contributed by atoms with Crippen LogP contribution in [0.25, 0.3) is 10.8 Å². The van der Waals surface area contributed by atoms with Crippen LogP contribution in [0.15, 0.2) is 60.7 Å². The van der Waals surface area contributed by atoms with Gasteiger partial charge in [-0.1, -0.05) is 56.3 Å². The molecule has 6 heteroatoms. The fourth-order valence-corrected chi connectivity index (χ4v) is 6.79. The Morgan fingerprint density at radius 3 is 2.38 bits per heavy atom. The summed E-state index contributed by atoms with van der Waals surface area (Å²) >= 11 is 0. The van der Waals surface area contributed by atoms with E-state index in [0.717, 1.165) is 61.0 Å². The molecule has 5 rings (SSSR count). The van der Waals surface area contributed by atoms with Crippen molar-refractivity contribution in [2.24, 2.45) is 5.41 Å². The number of likely N-dealkylation sites (tertiary alicyclic amines) is 2. The van der Waals surface area contributed by atoms with E-state index in [1.807, 2.05) is 41.3 Å². The van der Waals surface area contributed by atoms with Crippen molar-refractivity contribution in [1.29, 1.82) is 0 Å². The molecule has 0 radical (unpaired) electrons. The number of ether oxygens (including phenoxy) is 1. The fraction of sp³-hybridized carbons (Fsp3) is 0.500. The number of hydrogen-bond acceptors (Lipinski definition) is 4. The van der Waals surface area contributed by atoms with Crippen molar-refractivity contribution in [3.8, 4) is 5.75 Å². The van der Waals surface area contributed by atoms with Crippen molar-refractivity contribution < 1.29 is 19.4 Å². The zero-order valence-corrected chi connectivity index (χ0v) is 25.3. The van der Waals surface area contributed by atoms with Crippen LogP contribution in [0.1, 0.15) is 86.2 Å². The Bertz CT molecular complexity index is 1360. The number of amides is 1. The second-order valence-corrected chi connectivity index (χ2v) is 12.9. The highest BCUT2D eigenvalue weighted by molar-refractivity contribution is 6.08. The maximum absolute atomic E-state index is 13.6. The minimum Gasteiger partial charge on any atom is -0.494 e. The van der Waals surface area contributed by atoms with E-state index in [4.69, 9.17) is 9.84 Å². The SMILES string of the molecule is CC1(C)CCCN(CCCCOc2ccc(C3CCN(C(=O)c4ccc(CCC(=O)O)c5ccccc45)CC3)cc2)C1. The Hall–Kier alpha value is -3.38. The predicted octanol–water partition coefficient (Wildman–Crippen LogP) is 7.16. The smallest absolute Gasteiger partial charge is 0.303 e. The first-order valence-electron chi connectivity index (χ1n) is 15.8. The molecule has 224 valence electrons. The molecule has 2 heterocycles. The molecule has 6 nitrogen and oxygen atoms in total. The third-order valence-corrected chi connectivity index (χ3v) is 9.10. The number of carbonyl (C=O) groups is 2. The van der Waals surface area contributed by atoms with Crippen molar-refractivity contribution in [3.05, 3.63) is 77.4 Å². The van der Waals surface area contributed by atoms with Crippen LogP contribution in [0.3, 0.4) is 0 Å². The highest BCUT2D eigenvalue weighted by atomic mass is 16.5. The number of hydrogen-bond donors (Lipinski definition) is 1. The summed E-state index contributed by atoms with van der Waals surface area (Å²) in [7, 11) is 0. The Morgan fingerprint density at radius 2 is 1.67 bits per heavy atom. The standard InChI is InChI=1S/C36H46N2O4/c1-36(2)20-7-22-37(26-36)21-5-6-25-42-30-14-10-27(11-15-30)28-18-23-38(24-19-28)35(41)33-16-12-29(13-17-34(39)40)31-8-3-4-9-32(31)33/h3-4,8-12,14-16,28H,5-7,13,17-26H2,1-2H3,(H,39,40). The van der Waals surface area contributed by atoms with Crippen LogP contribution in [0, 0.1) is 5.41 Å². The van der Waals surface area contributed by atoms with Crippen LogP contribution < -0.4 is 4.74 Å². The van der Waals surface area contributed by atoms with E-state index in [1.54, 1.807) is 0 Å². The molecule has 2 aliphatic rings. The molecule has 3 aromatic carbocycles. The van der Waals surface area contributed by atoms with Crippen molar-refractivity contribution in [1.82, 2.24) is 9.80 Å². The third kappa shape index (κ3) is 7.71. The van der Waals surface area contributed by atoms with E-state index in [2.05, 4.69) is 43.0 Å². The van der Waals surface area contributed by atoms with Gasteiger partial charge in [-0.3, -0.25) is 9.59 Å². The largest absolute Gasteiger partial charge is 0.494 e. The Kier molecular flexibility index (Phi) is 9.84. The molecule has 1 amide bonds. The summed E-state index contributed by atoms with van der Waals surface area (Å²) < 4.78 is 6.05. The summed E-state index contributed by atoms with van der Waals surface area (Å²) in [6, 6.07) is 20.2. The van der Waals surface area contributed by atoms with Crippen molar-refractivity contribution in [2.75, 3.05) is 39.3 Å². The molecule has 2 fully saturated rings. The van der Waals surface area contributed by atoms with Crippen LogP contribution in [0.4, 0.5) is 0 Å². The molecule has 3 aromatic rings. The lowest BCUT2D eigenvalue weighted by atomic mass is 9.84. The minimum atomic E-state index is -0.813. The Labute approximate surface area is 250 Å². The minimum absolute atomic E-state index is 0.0576. The van der Waals surface area contributed by atoms with Gasteiger partial charge in [0.05, 0.1) is 6.61 Å². The lowest BCUT2D eigenvalue weighted by molar-refractivity contribution is -0.136. The van der Waals surface area contributed by atoms with Crippen LogP contribution in [0.2, 0.25) is 0 Å². The number of unbranched alkanes of at least 4 members (excludes halogenated alkanes) is 1. The van der Waals surface area contributed by atoms with E-state index in [9.17, 15) is 9.59 Å². The first-order valence-corrected chi connectivity index (χ1v) is 15.8. The van der Waals surface area contributed by atoms with E-state index in [-0.39, 0.29) is 12.3 Å². The first-order chi connectivity index (χ1) is 20.3. The summed E-state index contributed by atoms with van der Waals surface area (Å²) in [5.74, 6) is 0.616. The normalized spacial score (nSPS) is 17.8. The van der Waals surface area contributed by atoms with Crippen LogP contribution in [0.5, 0.6) is 5.75 Å². The van der Waals surface area contributed by atoms with Gasteiger partial charge < -0.3 is 19.6 Å². The summed E-state index contributed by atoms with van der Waals surface area (Å²) in [6.45, 7) is 10.6. The molecule has 0 saturated carbocycles. The number of carboxylic acids is 1. The number of aliphatic carboxylic acids is 1. The van der Waals surface area contributed by atoms with Crippen molar-refractivity contribution in [3.63, 3.8) is 0 Å². The molecule has 0 atom stereocenters. The molecule has 0 aliphatic carbocycles. The van der Waals surface area contributed by atoms with E-state index < -0.39 is 5.97 Å². The number of piperidine rings is 2. The molecule has 2 aliphatic heterocycles. The van der Waals surface area contributed by atoms with Crippen LogP contribution in [-0.2, 0) is 11.2 Å². The van der Waals surface area contributed by atoms with Gasteiger partial charge in [0.2, 0.25) is 0 Å². The van der Waals surface area contributed by atoms with Gasteiger partial charge in [0.15, 0.2) is 0 Å². The van der Waals surface area contributed by atoms with Gasteiger partial charge in [0.25, 0.3) is 5.91 Å². The van der Waals surface area contributed by atoms with E-state index in [0.29, 0.717) is 23.3 Å². The zero-order valence-electron chi connectivity index (χ0n) is 25.3. The van der Waals surface area contributed by atoms with Gasteiger partial charge in [-0.15, -0.1) is 0 Å². The second-order valence-electron chi connectivity index (χ2n) is 12.9. The number of rotatable bonds is 11. The molecule has 0 unspecified atom stereocenters. The lowest BCUT2D eigenvalue weighted by Gasteiger charge is -2.38. The number of carboxylic acid groups (broad SMARTS) is 1. The maximum Gasteiger partial charge on any atom is 0.303 e. The van der Waals surface area contributed by atoms with Gasteiger partial charge in [-0.25, -0.2) is 0 Å². The van der Waals surface area contributed by atoms with Crippen molar-refractivity contribution in [2.45, 2.75) is 71.1 Å². The summed E-state index contributed by atoms with van der Waals surface area (Å²) in [5.41, 5.74) is 3.44. The predicted molar refractivity (Wildman–Crippen MR) is 168 cm³/mol. The van der Waals surface area contributed by atoms with Gasteiger partial charge in [0, 0.05) is 31.6 Å². The summed E-state index contributed by atoms with van der Waals surface area (Å²) in [6.07, 6.45) is 7.31. The van der Waals surface area contributed by atoms with Gasteiger partial charge in [0.1, 0.15) is 5.75 Å². The third-order valence-electron chi connectivity index (χ3n) is 9.10. The van der Waals surface area contributed by atoms with Crippen LogP contribution in [-0.4, -0.2) is 66.1 Å². The van der Waals surface area contributed by atoms with Gasteiger partial charge in [-0.05, 0) is 109 Å². The summed E-state index contributed by atoms with van der Waals surface area (Å²) in [4.78, 5) is 29.2. The number of nitrogens with zero attached hydrogens (tertiary/aromatic N) is 2. The molecule has 2 saturated heterocycles. The first kappa shape index (κ1) is 30.1. The van der Waals surface area contributed by atoms with Gasteiger partial charge >= 0.3 is 5.97 Å². The highest BCUT2D eigenvalue weighted by Crippen LogP contribution is 2.32. The van der Waals surface area contributed by atoms with E-state index >= 15 is 0 Å². The lowest BCUT2D eigenvalue weighted by Crippen LogP contribution is -2.40. The molecule has 0 bridgehead atoms. The molecule has 0 aromatic heterocycles. The molecule has 42 heavy (non-hydrogen) atoms. The Balaban J connectivity index is 1.09. The number of carbonyl (C=O) groups excluding carboxylic acids is 1. The Morgan fingerprint density at radius 1 is 0.929 bits per heavy atom. The van der Waals surface area contributed by atoms with Crippen LogP contribution >= 0.6 is 0 Å².